The fourth-order valence-corrected chi connectivity index (χ4v) is 0.139. The van der Waals surface area contributed by atoms with Crippen LogP contribution in [-0.2, 0) is 4.74 Å². The molecule has 2 nitrogen and oxygen atoms in total. The molecular formula is C4H8O2. The molecule has 0 unspecified atom stereocenters. The summed E-state index contributed by atoms with van der Waals surface area (Å²) in [4.78, 5) is 0. The Morgan fingerprint density at radius 2 is 2.50 bits per heavy atom. The van der Waals surface area contributed by atoms with Gasteiger partial charge in [-0.1, -0.05) is 0 Å². The molecule has 0 aliphatic rings. The van der Waals surface area contributed by atoms with Crippen molar-refractivity contribution >= 4 is 0 Å². The smallest absolute Gasteiger partial charge is 0.0807 e. The van der Waals surface area contributed by atoms with E-state index in [1.54, 1.807) is 0 Å². The molecule has 0 bridgehead atoms. The van der Waals surface area contributed by atoms with Crippen molar-refractivity contribution in [3.8, 4) is 0 Å². The number of aliphatic hydroxyl groups is 1. The second kappa shape index (κ2) is 4.50. The number of aliphatic hydroxyl groups excluding tert-OH is 1. The van der Waals surface area contributed by atoms with E-state index in [1.807, 2.05) is 0 Å². The zero-order valence-corrected chi connectivity index (χ0v) is 3.72. The van der Waals surface area contributed by atoms with Gasteiger partial charge in [0.15, 0.2) is 0 Å². The van der Waals surface area contributed by atoms with Gasteiger partial charge in [0.2, 0.25) is 0 Å². The molecule has 0 aliphatic heterocycles. The zero-order chi connectivity index (χ0) is 4.83. The first-order chi connectivity index (χ1) is 2.91. The maximum absolute atomic E-state index is 8.03. The fraction of sp³-hybridized carbons (Fsp3) is 0.500. The summed E-state index contributed by atoms with van der Waals surface area (Å²) >= 11 is 0. The Bertz CT molecular complexity index is 34.8. The molecule has 0 rings (SSSR count). The van der Waals surface area contributed by atoms with E-state index in [1.165, 1.54) is 19.4 Å². The second-order valence-corrected chi connectivity index (χ2v) is 0.790. The Hall–Kier alpha value is -0.500. The predicted molar refractivity (Wildman–Crippen MR) is 23.2 cm³/mol. The van der Waals surface area contributed by atoms with E-state index < -0.39 is 0 Å². The molecule has 1 N–H and O–H groups in total. The Labute approximate surface area is 37.1 Å². The SMILES string of the molecule is COC=CCO. The van der Waals surface area contributed by atoms with E-state index in [0.29, 0.717) is 0 Å². The molecule has 0 spiro atoms. The van der Waals surface area contributed by atoms with Crippen LogP contribution in [0.3, 0.4) is 0 Å². The molecule has 0 saturated carbocycles. The van der Waals surface area contributed by atoms with Gasteiger partial charge in [-0.05, 0) is 6.08 Å². The molecule has 6 heavy (non-hydrogen) atoms. The van der Waals surface area contributed by atoms with Gasteiger partial charge in [0.25, 0.3) is 0 Å². The predicted octanol–water partition coefficient (Wildman–Crippen LogP) is 0.139. The third-order valence-corrected chi connectivity index (χ3v) is 0.338. The van der Waals surface area contributed by atoms with Crippen LogP contribution in [0.4, 0.5) is 0 Å². The Balaban J connectivity index is 2.73. The van der Waals surface area contributed by atoms with Crippen LogP contribution in [0, 0.1) is 0 Å². The van der Waals surface area contributed by atoms with Crippen molar-refractivity contribution in [3.05, 3.63) is 12.3 Å². The molecule has 36 valence electrons. The van der Waals surface area contributed by atoms with Crippen molar-refractivity contribution in [2.75, 3.05) is 13.7 Å². The van der Waals surface area contributed by atoms with Gasteiger partial charge in [-0.25, -0.2) is 0 Å². The molecule has 0 aromatic carbocycles. The first-order valence-corrected chi connectivity index (χ1v) is 1.70. The summed E-state index contributed by atoms with van der Waals surface area (Å²) in [5.74, 6) is 0. The molecule has 0 radical (unpaired) electrons. The van der Waals surface area contributed by atoms with Gasteiger partial charge in [-0.15, -0.1) is 0 Å². The van der Waals surface area contributed by atoms with E-state index >= 15 is 0 Å². The number of methoxy groups -OCH3 is 1. The molecule has 2 heteroatoms. The summed E-state index contributed by atoms with van der Waals surface area (Å²) in [5.41, 5.74) is 0. The first kappa shape index (κ1) is 5.50. The lowest BCUT2D eigenvalue weighted by Crippen LogP contribution is -1.70. The van der Waals surface area contributed by atoms with E-state index in [4.69, 9.17) is 5.11 Å². The third-order valence-electron chi connectivity index (χ3n) is 0.338. The minimum Gasteiger partial charge on any atom is -0.505 e. The first-order valence-electron chi connectivity index (χ1n) is 1.70. The molecule has 0 fully saturated rings. The van der Waals surface area contributed by atoms with Crippen LogP contribution in [0.15, 0.2) is 12.3 Å². The topological polar surface area (TPSA) is 29.5 Å². The van der Waals surface area contributed by atoms with Gasteiger partial charge in [0, 0.05) is 0 Å². The van der Waals surface area contributed by atoms with Crippen LogP contribution in [0.2, 0.25) is 0 Å². The standard InChI is InChI=1S/C4H8O2/c1-6-4-2-3-5/h2,4-5H,3H2,1H3. The summed E-state index contributed by atoms with van der Waals surface area (Å²) in [6, 6.07) is 0. The van der Waals surface area contributed by atoms with Crippen LogP contribution in [-0.4, -0.2) is 18.8 Å². The van der Waals surface area contributed by atoms with E-state index in [-0.39, 0.29) is 6.61 Å². The summed E-state index contributed by atoms with van der Waals surface area (Å²) < 4.78 is 4.44. The lowest BCUT2D eigenvalue weighted by molar-refractivity contribution is 0.313. The van der Waals surface area contributed by atoms with E-state index in [2.05, 4.69) is 4.74 Å². The van der Waals surface area contributed by atoms with Crippen LogP contribution < -0.4 is 0 Å². The van der Waals surface area contributed by atoms with Gasteiger partial charge >= 0.3 is 0 Å². The van der Waals surface area contributed by atoms with Gasteiger partial charge in [-0.3, -0.25) is 0 Å². The van der Waals surface area contributed by atoms with Crippen LogP contribution in [0.5, 0.6) is 0 Å². The maximum atomic E-state index is 8.03. The van der Waals surface area contributed by atoms with Crippen LogP contribution in [0.1, 0.15) is 0 Å². The zero-order valence-electron chi connectivity index (χ0n) is 3.72. The second-order valence-electron chi connectivity index (χ2n) is 0.790. The number of hydrogen-bond donors (Lipinski definition) is 1. The lowest BCUT2D eigenvalue weighted by Gasteiger charge is -1.80. The summed E-state index contributed by atoms with van der Waals surface area (Å²) in [6.07, 6.45) is 2.94. The Morgan fingerprint density at radius 1 is 1.83 bits per heavy atom. The van der Waals surface area contributed by atoms with Crippen molar-refractivity contribution in [2.45, 2.75) is 0 Å². The summed E-state index contributed by atoms with van der Waals surface area (Å²) in [5, 5.41) is 8.03. The molecule has 0 aliphatic carbocycles. The molecule has 0 aromatic rings. The van der Waals surface area contributed by atoms with Gasteiger partial charge in [-0.2, -0.15) is 0 Å². The van der Waals surface area contributed by atoms with Crippen LogP contribution in [0.25, 0.3) is 0 Å². The van der Waals surface area contributed by atoms with Gasteiger partial charge < -0.3 is 9.84 Å². The number of hydrogen-bond acceptors (Lipinski definition) is 2. The van der Waals surface area contributed by atoms with Crippen molar-refractivity contribution in [1.29, 1.82) is 0 Å². The van der Waals surface area contributed by atoms with Crippen molar-refractivity contribution in [3.63, 3.8) is 0 Å². The highest BCUT2D eigenvalue weighted by molar-refractivity contribution is 4.69. The molecule has 0 aromatic heterocycles. The largest absolute Gasteiger partial charge is 0.505 e. The minimum absolute atomic E-state index is 0.0494. The Kier molecular flexibility index (Phi) is 4.12. The van der Waals surface area contributed by atoms with Crippen LogP contribution >= 0.6 is 0 Å². The highest BCUT2D eigenvalue weighted by Crippen LogP contribution is 1.66. The van der Waals surface area contributed by atoms with E-state index in [9.17, 15) is 0 Å². The van der Waals surface area contributed by atoms with Crippen molar-refractivity contribution < 1.29 is 9.84 Å². The molecule has 0 saturated heterocycles. The van der Waals surface area contributed by atoms with Gasteiger partial charge in [0.05, 0.1) is 20.0 Å². The average Bonchev–Trinajstić information content (AvgIpc) is 1.61. The van der Waals surface area contributed by atoms with Crippen molar-refractivity contribution in [1.82, 2.24) is 0 Å². The normalized spacial score (nSPS) is 9.67. The minimum atomic E-state index is 0.0494. The maximum Gasteiger partial charge on any atom is 0.0807 e. The average molecular weight is 88.1 g/mol. The quantitative estimate of drug-likeness (QED) is 0.486. The highest BCUT2D eigenvalue weighted by atomic mass is 16.5. The van der Waals surface area contributed by atoms with E-state index in [0.717, 1.165) is 0 Å². The summed E-state index contributed by atoms with van der Waals surface area (Å²) in [6.45, 7) is 0.0494. The number of ether oxygens (including phenoxy) is 1. The van der Waals surface area contributed by atoms with Crippen molar-refractivity contribution in [2.24, 2.45) is 0 Å². The monoisotopic (exact) mass is 88.1 g/mol. The highest BCUT2D eigenvalue weighted by Gasteiger charge is 1.59. The number of rotatable bonds is 2. The van der Waals surface area contributed by atoms with Gasteiger partial charge in [0.1, 0.15) is 0 Å². The third kappa shape index (κ3) is 3.50. The Morgan fingerprint density at radius 3 is 2.67 bits per heavy atom. The molecule has 0 amide bonds. The molecule has 0 atom stereocenters. The fourth-order valence-electron chi connectivity index (χ4n) is 0.139. The summed E-state index contributed by atoms with van der Waals surface area (Å²) in [7, 11) is 1.53. The molecular weight excluding hydrogens is 80.0 g/mol. The lowest BCUT2D eigenvalue weighted by atomic mass is 10.7. The molecule has 0 heterocycles.